The van der Waals surface area contributed by atoms with Crippen molar-refractivity contribution in [1.82, 2.24) is 19.9 Å². The van der Waals surface area contributed by atoms with Crippen molar-refractivity contribution in [3.63, 3.8) is 0 Å². The molecule has 0 aliphatic heterocycles. The highest BCUT2D eigenvalue weighted by molar-refractivity contribution is 6.20. The maximum absolute atomic E-state index is 4.62. The second-order valence-electron chi connectivity index (χ2n) is 4.51. The van der Waals surface area contributed by atoms with Crippen molar-refractivity contribution in [3.05, 3.63) is 48.5 Å². The summed E-state index contributed by atoms with van der Waals surface area (Å²) in [7, 11) is 0. The number of hydrogen-bond donors (Lipinski definition) is 0. The molecule has 0 spiro atoms. The van der Waals surface area contributed by atoms with Gasteiger partial charge >= 0.3 is 0 Å². The van der Waals surface area contributed by atoms with Gasteiger partial charge in [-0.3, -0.25) is 15.0 Å². The second-order valence-corrected chi connectivity index (χ2v) is 4.51. The van der Waals surface area contributed by atoms with Crippen molar-refractivity contribution in [1.29, 1.82) is 0 Å². The third kappa shape index (κ3) is 1.40. The average Bonchev–Trinajstić information content (AvgIpc) is 2.47. The normalized spacial score (nSPS) is 11.4. The van der Waals surface area contributed by atoms with Crippen LogP contribution in [0.15, 0.2) is 42.9 Å². The Morgan fingerprint density at radius 3 is 2.16 bits per heavy atom. The van der Waals surface area contributed by atoms with E-state index in [4.69, 9.17) is 0 Å². The van der Waals surface area contributed by atoms with Crippen LogP contribution < -0.4 is 0 Å². The molecule has 0 N–H and O–H groups in total. The van der Waals surface area contributed by atoms with E-state index in [9.17, 15) is 0 Å². The highest BCUT2D eigenvalue weighted by Gasteiger charge is 2.11. The van der Waals surface area contributed by atoms with Crippen LogP contribution >= 0.6 is 0 Å². The minimum absolute atomic E-state index is 0.809. The largest absolute Gasteiger partial charge is 0.252 e. The van der Waals surface area contributed by atoms with E-state index in [2.05, 4.69) is 32.1 Å². The van der Waals surface area contributed by atoms with Crippen molar-refractivity contribution >= 4 is 32.8 Å². The lowest BCUT2D eigenvalue weighted by Crippen LogP contribution is -1.93. The van der Waals surface area contributed by atoms with E-state index < -0.39 is 0 Å². The van der Waals surface area contributed by atoms with E-state index in [1.165, 1.54) is 0 Å². The third-order valence-corrected chi connectivity index (χ3v) is 3.25. The van der Waals surface area contributed by atoms with Crippen LogP contribution in [-0.4, -0.2) is 19.9 Å². The van der Waals surface area contributed by atoms with Crippen molar-refractivity contribution in [3.8, 4) is 0 Å². The molecule has 4 heteroatoms. The molecule has 19 heavy (non-hydrogen) atoms. The van der Waals surface area contributed by atoms with Gasteiger partial charge in [-0.1, -0.05) is 24.3 Å². The minimum atomic E-state index is 0.809. The van der Waals surface area contributed by atoms with Gasteiger partial charge in [0, 0.05) is 29.4 Å². The van der Waals surface area contributed by atoms with E-state index in [1.54, 1.807) is 18.6 Å². The summed E-state index contributed by atoms with van der Waals surface area (Å²) in [4.78, 5) is 18.0. The fraction of sp³-hybridized carbons (Fsp3) is 0.0667. The molecule has 0 fully saturated rings. The number of aromatic nitrogens is 4. The van der Waals surface area contributed by atoms with Gasteiger partial charge in [0.05, 0.1) is 16.7 Å². The zero-order valence-corrected chi connectivity index (χ0v) is 10.3. The molecule has 0 aliphatic rings. The Kier molecular flexibility index (Phi) is 2.00. The summed E-state index contributed by atoms with van der Waals surface area (Å²) in [6, 6.07) is 8.12. The number of nitrogens with zero attached hydrogens (tertiary/aromatic N) is 4. The van der Waals surface area contributed by atoms with Crippen molar-refractivity contribution in [2.24, 2.45) is 0 Å². The van der Waals surface area contributed by atoms with Crippen LogP contribution in [-0.2, 0) is 0 Å². The molecule has 0 bridgehead atoms. The van der Waals surface area contributed by atoms with Crippen molar-refractivity contribution < 1.29 is 0 Å². The molecule has 2 aromatic heterocycles. The summed E-state index contributed by atoms with van der Waals surface area (Å²) >= 11 is 0. The van der Waals surface area contributed by atoms with Gasteiger partial charge in [-0.15, -0.1) is 0 Å². The Morgan fingerprint density at radius 1 is 0.737 bits per heavy atom. The van der Waals surface area contributed by atoms with Gasteiger partial charge in [0.25, 0.3) is 0 Å². The van der Waals surface area contributed by atoms with Crippen LogP contribution in [0.25, 0.3) is 32.8 Å². The summed E-state index contributed by atoms with van der Waals surface area (Å²) in [5.74, 6) is 0. The van der Waals surface area contributed by atoms with Gasteiger partial charge < -0.3 is 0 Å². The van der Waals surface area contributed by atoms with Crippen LogP contribution in [0.2, 0.25) is 0 Å². The summed E-state index contributed by atoms with van der Waals surface area (Å²) in [6.07, 6.45) is 5.17. The SMILES string of the molecule is Cc1cnc2c(n1)c1ccccc1c1nccnc12. The molecule has 0 aliphatic carbocycles. The van der Waals surface area contributed by atoms with Crippen LogP contribution in [0.5, 0.6) is 0 Å². The molecule has 0 radical (unpaired) electrons. The summed E-state index contributed by atoms with van der Waals surface area (Å²) in [6.45, 7) is 1.95. The quantitative estimate of drug-likeness (QED) is 0.447. The Bertz CT molecular complexity index is 896. The van der Waals surface area contributed by atoms with Crippen molar-refractivity contribution in [2.75, 3.05) is 0 Å². The molecule has 4 rings (SSSR count). The van der Waals surface area contributed by atoms with Crippen LogP contribution in [0.4, 0.5) is 0 Å². The van der Waals surface area contributed by atoms with E-state index >= 15 is 0 Å². The maximum Gasteiger partial charge on any atom is 0.117 e. The first-order valence-corrected chi connectivity index (χ1v) is 6.09. The zero-order chi connectivity index (χ0) is 12.8. The predicted octanol–water partition coefficient (Wildman–Crippen LogP) is 3.03. The van der Waals surface area contributed by atoms with Gasteiger partial charge in [-0.05, 0) is 6.92 Å². The molecule has 0 saturated heterocycles. The fourth-order valence-electron chi connectivity index (χ4n) is 2.44. The van der Waals surface area contributed by atoms with Crippen LogP contribution in [0.1, 0.15) is 5.69 Å². The molecule has 90 valence electrons. The lowest BCUT2D eigenvalue weighted by atomic mass is 10.1. The standard InChI is InChI=1S/C15H10N4/c1-9-8-18-15-13(19-9)11-5-3-2-4-10(11)12-14(15)17-7-6-16-12/h2-8H,1H3. The lowest BCUT2D eigenvalue weighted by Gasteiger charge is -2.07. The molecule has 2 heterocycles. The molecule has 0 saturated carbocycles. The molecule has 2 aromatic carbocycles. The Balaban J connectivity index is 2.43. The summed E-state index contributed by atoms with van der Waals surface area (Å²) < 4.78 is 0. The first-order valence-electron chi connectivity index (χ1n) is 6.09. The summed E-state index contributed by atoms with van der Waals surface area (Å²) in [5, 5.41) is 2.14. The third-order valence-electron chi connectivity index (χ3n) is 3.25. The maximum atomic E-state index is 4.62. The number of fused-ring (bicyclic) bond motifs is 6. The molecular formula is C15H10N4. The Morgan fingerprint density at radius 2 is 1.37 bits per heavy atom. The minimum Gasteiger partial charge on any atom is -0.252 e. The molecular weight excluding hydrogens is 236 g/mol. The molecule has 0 atom stereocenters. The molecule has 4 nitrogen and oxygen atoms in total. The van der Waals surface area contributed by atoms with Gasteiger partial charge in [-0.2, -0.15) is 0 Å². The molecule has 0 unspecified atom stereocenters. The highest BCUT2D eigenvalue weighted by atomic mass is 14.8. The van der Waals surface area contributed by atoms with Gasteiger partial charge in [0.2, 0.25) is 0 Å². The number of aryl methyl sites for hydroxylation is 1. The van der Waals surface area contributed by atoms with E-state index in [0.29, 0.717) is 0 Å². The zero-order valence-electron chi connectivity index (χ0n) is 10.3. The first-order chi connectivity index (χ1) is 9.34. The topological polar surface area (TPSA) is 51.6 Å². The van der Waals surface area contributed by atoms with Gasteiger partial charge in [0.1, 0.15) is 11.0 Å². The second kappa shape index (κ2) is 3.68. The van der Waals surface area contributed by atoms with E-state index in [-0.39, 0.29) is 0 Å². The molecule has 4 aromatic rings. The summed E-state index contributed by atoms with van der Waals surface area (Å²) in [5.41, 5.74) is 4.30. The molecule has 0 amide bonds. The first kappa shape index (κ1) is 10.3. The van der Waals surface area contributed by atoms with Crippen LogP contribution in [0, 0.1) is 6.92 Å². The number of rotatable bonds is 0. The Hall–Kier alpha value is -2.62. The highest BCUT2D eigenvalue weighted by Crippen LogP contribution is 2.30. The average molecular weight is 246 g/mol. The number of hydrogen-bond acceptors (Lipinski definition) is 4. The van der Waals surface area contributed by atoms with Gasteiger partial charge in [0.15, 0.2) is 0 Å². The smallest absolute Gasteiger partial charge is 0.117 e. The Labute approximate surface area is 109 Å². The van der Waals surface area contributed by atoms with Crippen LogP contribution in [0.3, 0.4) is 0 Å². The van der Waals surface area contributed by atoms with Gasteiger partial charge in [-0.25, -0.2) is 4.98 Å². The van der Waals surface area contributed by atoms with E-state index in [1.807, 2.05) is 19.1 Å². The van der Waals surface area contributed by atoms with E-state index in [0.717, 1.165) is 38.5 Å². The monoisotopic (exact) mass is 246 g/mol. The lowest BCUT2D eigenvalue weighted by molar-refractivity contribution is 1.19. The fourth-order valence-corrected chi connectivity index (χ4v) is 2.44. The van der Waals surface area contributed by atoms with Crippen molar-refractivity contribution in [2.45, 2.75) is 6.92 Å². The number of benzene rings is 2. The predicted molar refractivity (Wildman–Crippen MR) is 74.9 cm³/mol.